The predicted octanol–water partition coefficient (Wildman–Crippen LogP) is 1.18. The molecule has 0 spiro atoms. The molecule has 0 radical (unpaired) electrons. The van der Waals surface area contributed by atoms with Gasteiger partial charge in [-0.25, -0.2) is 4.98 Å². The summed E-state index contributed by atoms with van der Waals surface area (Å²) in [5, 5.41) is 9.55. The van der Waals surface area contributed by atoms with Crippen LogP contribution in [-0.2, 0) is 0 Å². The van der Waals surface area contributed by atoms with Gasteiger partial charge >= 0.3 is 0 Å². The van der Waals surface area contributed by atoms with Gasteiger partial charge in [-0.3, -0.25) is 0 Å². The first-order valence-electron chi connectivity index (χ1n) is 5.74. The monoisotopic (exact) mass is 221 g/mol. The molecule has 2 rings (SSSR count). The fourth-order valence-corrected chi connectivity index (χ4v) is 2.12. The molecule has 88 valence electrons. The van der Waals surface area contributed by atoms with E-state index in [0.717, 1.165) is 36.7 Å². The van der Waals surface area contributed by atoms with Crippen molar-refractivity contribution in [2.45, 2.75) is 26.4 Å². The number of aliphatic hydroxyl groups is 1. The molecular formula is C12H19N3O. The number of nitrogens with two attached hydrogens (primary N) is 1. The van der Waals surface area contributed by atoms with Crippen molar-refractivity contribution in [1.29, 1.82) is 0 Å². The van der Waals surface area contributed by atoms with E-state index in [1.54, 1.807) is 0 Å². The molecular weight excluding hydrogens is 202 g/mol. The Hall–Kier alpha value is -1.29. The van der Waals surface area contributed by atoms with Gasteiger partial charge in [0.25, 0.3) is 0 Å². The molecule has 2 unspecified atom stereocenters. The molecule has 2 heterocycles. The van der Waals surface area contributed by atoms with Crippen LogP contribution in [0.15, 0.2) is 12.1 Å². The molecule has 16 heavy (non-hydrogen) atoms. The lowest BCUT2D eigenvalue weighted by molar-refractivity contribution is 0.136. The van der Waals surface area contributed by atoms with Gasteiger partial charge in [0.15, 0.2) is 0 Å². The zero-order valence-electron chi connectivity index (χ0n) is 9.85. The van der Waals surface area contributed by atoms with Crippen LogP contribution < -0.4 is 10.6 Å². The van der Waals surface area contributed by atoms with E-state index in [2.05, 4.69) is 9.88 Å². The summed E-state index contributed by atoms with van der Waals surface area (Å²) in [6.45, 7) is 5.62. The van der Waals surface area contributed by atoms with Crippen LogP contribution in [0, 0.1) is 12.8 Å². The maximum absolute atomic E-state index is 9.55. The van der Waals surface area contributed by atoms with Gasteiger partial charge in [-0.2, -0.15) is 0 Å². The zero-order valence-corrected chi connectivity index (χ0v) is 9.85. The molecule has 1 aliphatic rings. The highest BCUT2D eigenvalue weighted by Gasteiger charge is 2.26. The second-order valence-corrected chi connectivity index (χ2v) is 4.58. The fourth-order valence-electron chi connectivity index (χ4n) is 2.12. The average molecular weight is 221 g/mol. The van der Waals surface area contributed by atoms with Gasteiger partial charge in [0.2, 0.25) is 0 Å². The predicted molar refractivity (Wildman–Crippen MR) is 65.4 cm³/mol. The number of hydrogen-bond acceptors (Lipinski definition) is 4. The second-order valence-electron chi connectivity index (χ2n) is 4.58. The molecule has 4 heteroatoms. The number of nitrogens with zero attached hydrogens (tertiary/aromatic N) is 2. The standard InChI is InChI=1S/C12H19N3O/c1-8-11(13)3-4-12(14-8)15-6-5-10(7-15)9(2)16/h3-4,9-10,16H,5-7,13H2,1-2H3. The van der Waals surface area contributed by atoms with E-state index in [4.69, 9.17) is 5.73 Å². The molecule has 4 nitrogen and oxygen atoms in total. The number of aromatic nitrogens is 1. The van der Waals surface area contributed by atoms with E-state index < -0.39 is 0 Å². The minimum Gasteiger partial charge on any atom is -0.397 e. The van der Waals surface area contributed by atoms with Gasteiger partial charge in [0, 0.05) is 19.0 Å². The van der Waals surface area contributed by atoms with Gasteiger partial charge < -0.3 is 15.7 Å². The van der Waals surface area contributed by atoms with Crippen LogP contribution in [0.3, 0.4) is 0 Å². The largest absolute Gasteiger partial charge is 0.397 e. The Balaban J connectivity index is 2.11. The molecule has 1 aromatic rings. The highest BCUT2D eigenvalue weighted by Crippen LogP contribution is 2.25. The van der Waals surface area contributed by atoms with Crippen LogP contribution in [0.25, 0.3) is 0 Å². The molecule has 1 saturated heterocycles. The van der Waals surface area contributed by atoms with Crippen LogP contribution >= 0.6 is 0 Å². The van der Waals surface area contributed by atoms with Crippen LogP contribution in [0.1, 0.15) is 19.0 Å². The van der Waals surface area contributed by atoms with Crippen LogP contribution in [-0.4, -0.2) is 29.3 Å². The Labute approximate surface area is 96.1 Å². The van der Waals surface area contributed by atoms with Crippen molar-refractivity contribution in [3.05, 3.63) is 17.8 Å². The SMILES string of the molecule is Cc1nc(N2CCC(C(C)O)C2)ccc1N. The first-order chi connectivity index (χ1) is 7.58. The molecule has 1 aromatic heterocycles. The van der Waals surface area contributed by atoms with E-state index >= 15 is 0 Å². The van der Waals surface area contributed by atoms with Crippen molar-refractivity contribution in [1.82, 2.24) is 4.98 Å². The van der Waals surface area contributed by atoms with E-state index in [0.29, 0.717) is 5.92 Å². The van der Waals surface area contributed by atoms with Crippen molar-refractivity contribution in [3.63, 3.8) is 0 Å². The molecule has 1 fully saturated rings. The summed E-state index contributed by atoms with van der Waals surface area (Å²) in [5.41, 5.74) is 7.35. The number of hydrogen-bond donors (Lipinski definition) is 2. The van der Waals surface area contributed by atoms with Crippen LogP contribution in [0.4, 0.5) is 11.5 Å². The van der Waals surface area contributed by atoms with Crippen molar-refractivity contribution in [2.24, 2.45) is 5.92 Å². The van der Waals surface area contributed by atoms with E-state index in [-0.39, 0.29) is 6.10 Å². The molecule has 0 bridgehead atoms. The Morgan fingerprint density at radius 2 is 2.31 bits per heavy atom. The molecule has 2 atom stereocenters. The summed E-state index contributed by atoms with van der Waals surface area (Å²) in [4.78, 5) is 6.68. The van der Waals surface area contributed by atoms with Crippen molar-refractivity contribution >= 4 is 11.5 Å². The highest BCUT2D eigenvalue weighted by molar-refractivity contribution is 5.50. The summed E-state index contributed by atoms with van der Waals surface area (Å²) in [6, 6.07) is 3.85. The van der Waals surface area contributed by atoms with E-state index in [1.807, 2.05) is 26.0 Å². The summed E-state index contributed by atoms with van der Waals surface area (Å²) < 4.78 is 0. The average Bonchev–Trinajstić information content (AvgIpc) is 2.71. The van der Waals surface area contributed by atoms with Crippen LogP contribution in [0.2, 0.25) is 0 Å². The van der Waals surface area contributed by atoms with Crippen LogP contribution in [0.5, 0.6) is 0 Å². The quantitative estimate of drug-likeness (QED) is 0.787. The van der Waals surface area contributed by atoms with Gasteiger partial charge in [-0.15, -0.1) is 0 Å². The molecule has 0 aromatic carbocycles. The summed E-state index contributed by atoms with van der Waals surface area (Å²) >= 11 is 0. The van der Waals surface area contributed by atoms with E-state index in [9.17, 15) is 5.11 Å². The Morgan fingerprint density at radius 1 is 1.56 bits per heavy atom. The number of pyridine rings is 1. The normalized spacial score (nSPS) is 22.4. The lowest BCUT2D eigenvalue weighted by atomic mass is 10.0. The third-order valence-corrected chi connectivity index (χ3v) is 3.34. The topological polar surface area (TPSA) is 62.4 Å². The summed E-state index contributed by atoms with van der Waals surface area (Å²) in [7, 11) is 0. The van der Waals surface area contributed by atoms with Crippen molar-refractivity contribution in [3.8, 4) is 0 Å². The first kappa shape index (κ1) is 11.2. The summed E-state index contributed by atoms with van der Waals surface area (Å²) in [6.07, 6.45) is 0.794. The molecule has 3 N–H and O–H groups in total. The zero-order chi connectivity index (χ0) is 11.7. The minimum absolute atomic E-state index is 0.236. The highest BCUT2D eigenvalue weighted by atomic mass is 16.3. The lowest BCUT2D eigenvalue weighted by Crippen LogP contribution is -2.24. The smallest absolute Gasteiger partial charge is 0.128 e. The lowest BCUT2D eigenvalue weighted by Gasteiger charge is -2.19. The fraction of sp³-hybridized carbons (Fsp3) is 0.583. The van der Waals surface area contributed by atoms with Crippen molar-refractivity contribution < 1.29 is 5.11 Å². The van der Waals surface area contributed by atoms with Gasteiger partial charge in [0.05, 0.1) is 17.5 Å². The maximum Gasteiger partial charge on any atom is 0.128 e. The number of anilines is 2. The third-order valence-electron chi connectivity index (χ3n) is 3.34. The molecule has 1 aliphatic heterocycles. The Bertz CT molecular complexity index is 379. The second kappa shape index (κ2) is 4.29. The third kappa shape index (κ3) is 2.11. The van der Waals surface area contributed by atoms with Gasteiger partial charge in [0.1, 0.15) is 5.82 Å². The Kier molecular flexibility index (Phi) is 3.01. The summed E-state index contributed by atoms with van der Waals surface area (Å²) in [5.74, 6) is 1.33. The first-order valence-corrected chi connectivity index (χ1v) is 5.74. The Morgan fingerprint density at radius 3 is 2.88 bits per heavy atom. The minimum atomic E-state index is -0.236. The van der Waals surface area contributed by atoms with Gasteiger partial charge in [-0.05, 0) is 32.4 Å². The van der Waals surface area contributed by atoms with Gasteiger partial charge in [-0.1, -0.05) is 0 Å². The molecule has 0 aliphatic carbocycles. The molecule has 0 amide bonds. The number of rotatable bonds is 2. The maximum atomic E-state index is 9.55. The number of nitrogen functional groups attached to an aromatic ring is 1. The van der Waals surface area contributed by atoms with E-state index in [1.165, 1.54) is 0 Å². The van der Waals surface area contributed by atoms with Crippen molar-refractivity contribution in [2.75, 3.05) is 23.7 Å². The number of aliphatic hydroxyl groups excluding tert-OH is 1. The molecule has 0 saturated carbocycles. The number of aryl methyl sites for hydroxylation is 1.